The Bertz CT molecular complexity index is 769. The van der Waals surface area contributed by atoms with E-state index in [1.807, 2.05) is 24.5 Å². The van der Waals surface area contributed by atoms with Gasteiger partial charge in [0.25, 0.3) is 5.91 Å². The van der Waals surface area contributed by atoms with Gasteiger partial charge in [0.1, 0.15) is 0 Å². The molecule has 0 radical (unpaired) electrons. The highest BCUT2D eigenvalue weighted by molar-refractivity contribution is 7.98. The molecule has 0 unspecified atom stereocenters. The van der Waals surface area contributed by atoms with Gasteiger partial charge in [0.05, 0.1) is 30.0 Å². The molecular weight excluding hydrogens is 338 g/mol. The van der Waals surface area contributed by atoms with Gasteiger partial charge in [0.2, 0.25) is 5.91 Å². The number of aromatic nitrogens is 2. The summed E-state index contributed by atoms with van der Waals surface area (Å²) in [6.45, 7) is 1.10. The molecule has 130 valence electrons. The van der Waals surface area contributed by atoms with Crippen LogP contribution in [-0.4, -0.2) is 46.9 Å². The van der Waals surface area contributed by atoms with Crippen molar-refractivity contribution in [1.82, 2.24) is 15.3 Å². The van der Waals surface area contributed by atoms with Crippen molar-refractivity contribution in [3.8, 4) is 0 Å². The number of thioether (sulfide) groups is 1. The Morgan fingerprint density at radius 2 is 2.28 bits per heavy atom. The highest BCUT2D eigenvalue weighted by atomic mass is 32.2. The van der Waals surface area contributed by atoms with E-state index in [1.165, 1.54) is 6.20 Å². The topological polar surface area (TPSA) is 87.2 Å². The number of carbonyl (C=O) groups is 2. The van der Waals surface area contributed by atoms with Gasteiger partial charge in [-0.1, -0.05) is 6.07 Å². The fourth-order valence-corrected chi connectivity index (χ4v) is 2.81. The van der Waals surface area contributed by atoms with Crippen molar-refractivity contribution in [2.45, 2.75) is 6.54 Å². The summed E-state index contributed by atoms with van der Waals surface area (Å²) < 4.78 is 0. The van der Waals surface area contributed by atoms with Gasteiger partial charge in [-0.05, 0) is 24.5 Å². The molecule has 0 aromatic carbocycles. The molecular formula is C17H19N5O2S. The van der Waals surface area contributed by atoms with Crippen molar-refractivity contribution in [1.29, 1.82) is 0 Å². The van der Waals surface area contributed by atoms with Crippen LogP contribution in [0.25, 0.3) is 0 Å². The molecule has 25 heavy (non-hydrogen) atoms. The lowest BCUT2D eigenvalue weighted by Crippen LogP contribution is -2.40. The van der Waals surface area contributed by atoms with Crippen molar-refractivity contribution in [3.63, 3.8) is 0 Å². The van der Waals surface area contributed by atoms with E-state index in [-0.39, 0.29) is 18.4 Å². The third kappa shape index (κ3) is 4.08. The zero-order valence-electron chi connectivity index (χ0n) is 13.9. The maximum Gasteiger partial charge on any atom is 0.252 e. The van der Waals surface area contributed by atoms with Crippen molar-refractivity contribution >= 4 is 35.1 Å². The number of nitrogens with one attached hydrogen (secondary N) is 2. The number of amides is 2. The molecule has 0 fully saturated rings. The van der Waals surface area contributed by atoms with Crippen LogP contribution in [-0.2, 0) is 11.3 Å². The highest BCUT2D eigenvalue weighted by Gasteiger charge is 2.26. The summed E-state index contributed by atoms with van der Waals surface area (Å²) in [5.74, 6) is 1.16. The summed E-state index contributed by atoms with van der Waals surface area (Å²) in [7, 11) is 0. The van der Waals surface area contributed by atoms with Gasteiger partial charge in [0.15, 0.2) is 5.82 Å². The summed E-state index contributed by atoms with van der Waals surface area (Å²) in [5.41, 5.74) is 1.81. The van der Waals surface area contributed by atoms with E-state index in [2.05, 4.69) is 20.6 Å². The molecule has 0 spiro atoms. The van der Waals surface area contributed by atoms with E-state index in [4.69, 9.17) is 0 Å². The molecule has 0 bridgehead atoms. The Morgan fingerprint density at radius 1 is 1.40 bits per heavy atom. The second-order valence-electron chi connectivity index (χ2n) is 5.49. The minimum atomic E-state index is -0.194. The van der Waals surface area contributed by atoms with Gasteiger partial charge in [-0.3, -0.25) is 14.6 Å². The molecule has 8 heteroatoms. The molecule has 1 aliphatic rings. The number of pyridine rings is 2. The minimum absolute atomic E-state index is 0.0834. The van der Waals surface area contributed by atoms with Gasteiger partial charge in [-0.25, -0.2) is 4.98 Å². The van der Waals surface area contributed by atoms with Gasteiger partial charge < -0.3 is 15.5 Å². The van der Waals surface area contributed by atoms with E-state index in [1.54, 1.807) is 28.9 Å². The molecule has 3 heterocycles. The standard InChI is InChI=1S/C17H19N5O2S/c1-25-7-6-19-17(24)12-8-14-16(20-9-12)21-10-15(23)22(14)11-13-4-2-3-5-18-13/h2-5,8-9H,6-7,10-11H2,1H3,(H,19,24)(H,20,21). The summed E-state index contributed by atoms with van der Waals surface area (Å²) in [5, 5.41) is 5.84. The van der Waals surface area contributed by atoms with Gasteiger partial charge >= 0.3 is 0 Å². The Kier molecular flexibility index (Phi) is 5.49. The third-order valence-electron chi connectivity index (χ3n) is 3.77. The van der Waals surface area contributed by atoms with Gasteiger partial charge in [0, 0.05) is 24.7 Å². The molecule has 0 saturated carbocycles. The van der Waals surface area contributed by atoms with Crippen LogP contribution in [0.15, 0.2) is 36.7 Å². The molecule has 2 N–H and O–H groups in total. The summed E-state index contributed by atoms with van der Waals surface area (Å²) in [4.78, 5) is 34.8. The SMILES string of the molecule is CSCCNC(=O)c1cnc2c(c1)N(Cc1ccccn1)C(=O)CN2. The fourth-order valence-electron chi connectivity index (χ4n) is 2.50. The quantitative estimate of drug-likeness (QED) is 0.763. The average Bonchev–Trinajstić information content (AvgIpc) is 2.64. The molecule has 3 rings (SSSR count). The molecule has 0 saturated heterocycles. The van der Waals surface area contributed by atoms with Crippen molar-refractivity contribution in [3.05, 3.63) is 47.9 Å². The van der Waals surface area contributed by atoms with E-state index < -0.39 is 0 Å². The van der Waals surface area contributed by atoms with Crippen LogP contribution >= 0.6 is 11.8 Å². The predicted molar refractivity (Wildman–Crippen MR) is 98.9 cm³/mol. The molecule has 0 aliphatic carbocycles. The maximum absolute atomic E-state index is 12.4. The monoisotopic (exact) mass is 357 g/mol. The lowest BCUT2D eigenvalue weighted by molar-refractivity contribution is -0.117. The number of hydrogen-bond donors (Lipinski definition) is 2. The van der Waals surface area contributed by atoms with Crippen LogP contribution in [0.1, 0.15) is 16.1 Å². The zero-order chi connectivity index (χ0) is 17.6. The first kappa shape index (κ1) is 17.2. The number of hydrogen-bond acceptors (Lipinski definition) is 6. The van der Waals surface area contributed by atoms with Crippen LogP contribution in [0, 0.1) is 0 Å². The minimum Gasteiger partial charge on any atom is -0.359 e. The Morgan fingerprint density at radius 3 is 3.04 bits per heavy atom. The smallest absolute Gasteiger partial charge is 0.252 e. The second-order valence-corrected chi connectivity index (χ2v) is 6.48. The molecule has 2 aromatic heterocycles. The average molecular weight is 357 g/mol. The van der Waals surface area contributed by atoms with Crippen LogP contribution in [0.2, 0.25) is 0 Å². The first-order valence-electron chi connectivity index (χ1n) is 7.90. The lowest BCUT2D eigenvalue weighted by Gasteiger charge is -2.29. The van der Waals surface area contributed by atoms with Crippen molar-refractivity contribution < 1.29 is 9.59 Å². The number of rotatable bonds is 6. The lowest BCUT2D eigenvalue weighted by atomic mass is 10.2. The van der Waals surface area contributed by atoms with Crippen molar-refractivity contribution in [2.24, 2.45) is 0 Å². The van der Waals surface area contributed by atoms with Gasteiger partial charge in [-0.15, -0.1) is 0 Å². The van der Waals surface area contributed by atoms with E-state index >= 15 is 0 Å². The molecule has 0 atom stereocenters. The normalized spacial score (nSPS) is 13.2. The second kappa shape index (κ2) is 7.98. The molecule has 2 aromatic rings. The fraction of sp³-hybridized carbons (Fsp3) is 0.294. The van der Waals surface area contributed by atoms with Crippen LogP contribution in [0.3, 0.4) is 0 Å². The number of nitrogens with zero attached hydrogens (tertiary/aromatic N) is 3. The Balaban J connectivity index is 1.84. The van der Waals surface area contributed by atoms with Crippen LogP contribution in [0.4, 0.5) is 11.5 Å². The predicted octanol–water partition coefficient (Wildman–Crippen LogP) is 1.53. The zero-order valence-corrected chi connectivity index (χ0v) is 14.7. The van der Waals surface area contributed by atoms with Crippen molar-refractivity contribution in [2.75, 3.05) is 35.3 Å². The summed E-state index contributed by atoms with van der Waals surface area (Å²) in [6.07, 6.45) is 5.20. The highest BCUT2D eigenvalue weighted by Crippen LogP contribution is 2.29. The van der Waals surface area contributed by atoms with E-state index in [9.17, 15) is 9.59 Å². The maximum atomic E-state index is 12.4. The van der Waals surface area contributed by atoms with E-state index in [0.717, 1.165) is 11.4 Å². The van der Waals surface area contributed by atoms with Gasteiger partial charge in [-0.2, -0.15) is 11.8 Å². The number of carbonyl (C=O) groups excluding carboxylic acids is 2. The van der Waals surface area contributed by atoms with Crippen LogP contribution in [0.5, 0.6) is 0 Å². The number of fused-ring (bicyclic) bond motifs is 1. The Labute approximate surface area is 150 Å². The molecule has 2 amide bonds. The van der Waals surface area contributed by atoms with Crippen LogP contribution < -0.4 is 15.5 Å². The first-order valence-corrected chi connectivity index (χ1v) is 9.29. The molecule has 7 nitrogen and oxygen atoms in total. The molecule has 1 aliphatic heterocycles. The van der Waals surface area contributed by atoms with E-state index in [0.29, 0.717) is 30.2 Å². The Hall–Kier alpha value is -2.61. The summed E-state index contributed by atoms with van der Waals surface area (Å²) >= 11 is 1.66. The first-order chi connectivity index (χ1) is 12.2. The number of anilines is 2. The summed E-state index contributed by atoms with van der Waals surface area (Å²) in [6, 6.07) is 7.27. The third-order valence-corrected chi connectivity index (χ3v) is 4.38. The largest absolute Gasteiger partial charge is 0.359 e.